The van der Waals surface area contributed by atoms with Gasteiger partial charge in [-0.1, -0.05) is 24.3 Å². The number of hydrogen-bond acceptors (Lipinski definition) is 5. The van der Waals surface area contributed by atoms with Crippen LogP contribution in [0.1, 0.15) is 52.1 Å². The lowest BCUT2D eigenvalue weighted by atomic mass is 10.0. The monoisotopic (exact) mass is 426 g/mol. The Labute approximate surface area is 182 Å². The first kappa shape index (κ1) is 22.6. The highest BCUT2D eigenvalue weighted by Crippen LogP contribution is 2.38. The van der Waals surface area contributed by atoms with Crippen LogP contribution in [0.15, 0.2) is 36.4 Å². The van der Waals surface area contributed by atoms with Crippen molar-refractivity contribution >= 4 is 29.1 Å². The maximum atomic E-state index is 12.9. The summed E-state index contributed by atoms with van der Waals surface area (Å²) >= 11 is 0. The van der Waals surface area contributed by atoms with Crippen LogP contribution >= 0.6 is 0 Å². The van der Waals surface area contributed by atoms with Crippen molar-refractivity contribution < 1.29 is 23.9 Å². The fraction of sp³-hybridized carbons (Fsp3) is 0.458. The molecule has 0 saturated heterocycles. The van der Waals surface area contributed by atoms with Gasteiger partial charge in [0.05, 0.1) is 12.6 Å². The number of amides is 2. The minimum atomic E-state index is -0.673. The van der Waals surface area contributed by atoms with Gasteiger partial charge >= 0.3 is 6.09 Å². The van der Waals surface area contributed by atoms with Crippen LogP contribution in [0.2, 0.25) is 0 Å². The Morgan fingerprint density at radius 3 is 2.58 bits per heavy atom. The smallest absolute Gasteiger partial charge is 0.411 e. The molecule has 2 aromatic carbocycles. The first-order valence-corrected chi connectivity index (χ1v) is 10.6. The van der Waals surface area contributed by atoms with E-state index in [-0.39, 0.29) is 37.6 Å². The zero-order chi connectivity index (χ0) is 22.6. The van der Waals surface area contributed by atoms with Crippen LogP contribution < -0.4 is 10.1 Å². The molecule has 0 spiro atoms. The van der Waals surface area contributed by atoms with Gasteiger partial charge in [0.25, 0.3) is 5.91 Å². The zero-order valence-corrected chi connectivity index (χ0v) is 18.5. The number of carbonyl (C=O) groups is 3. The molecule has 1 aliphatic carbocycles. The average Bonchev–Trinajstić information content (AvgIpc) is 3.54. The summed E-state index contributed by atoms with van der Waals surface area (Å²) in [6.45, 7) is 8.04. The predicted molar refractivity (Wildman–Crippen MR) is 118 cm³/mol. The minimum absolute atomic E-state index is 0.180. The molecule has 31 heavy (non-hydrogen) atoms. The minimum Gasteiger partial charge on any atom is -0.491 e. The Morgan fingerprint density at radius 1 is 1.23 bits per heavy atom. The molecule has 1 aliphatic rings. The maximum absolute atomic E-state index is 12.9. The third-order valence-electron chi connectivity index (χ3n) is 5.06. The molecule has 7 nitrogen and oxygen atoms in total. The summed E-state index contributed by atoms with van der Waals surface area (Å²) in [6.07, 6.45) is 1.86. The van der Waals surface area contributed by atoms with Crippen molar-refractivity contribution in [2.45, 2.75) is 58.2 Å². The summed E-state index contributed by atoms with van der Waals surface area (Å²) in [7, 11) is 0. The lowest BCUT2D eigenvalue weighted by Gasteiger charge is -2.32. The van der Waals surface area contributed by atoms with Crippen molar-refractivity contribution in [3.63, 3.8) is 0 Å². The van der Waals surface area contributed by atoms with Crippen LogP contribution in [-0.2, 0) is 14.3 Å². The lowest BCUT2D eigenvalue weighted by molar-refractivity contribution is -0.131. The van der Waals surface area contributed by atoms with E-state index < -0.39 is 11.5 Å². The molecule has 2 aromatic rings. The number of carbonyl (C=O) groups excluding carboxylic acids is 3. The number of hydrogen-bond donors (Lipinski definition) is 1. The van der Waals surface area contributed by atoms with Crippen LogP contribution in [0.25, 0.3) is 10.8 Å². The first-order chi connectivity index (χ1) is 14.7. The second-order valence-corrected chi connectivity index (χ2v) is 8.79. The van der Waals surface area contributed by atoms with E-state index in [1.54, 1.807) is 0 Å². The van der Waals surface area contributed by atoms with Crippen molar-refractivity contribution in [3.8, 4) is 5.75 Å². The SMILES string of the molecule is CC(c1cc(OCCNC(=O)C=O)c2ccccc2c1)N(C(=O)OC(C)(C)C)C1CC1. The second kappa shape index (κ2) is 9.37. The fourth-order valence-corrected chi connectivity index (χ4v) is 3.49. The summed E-state index contributed by atoms with van der Waals surface area (Å²) in [4.78, 5) is 36.3. The number of aldehydes is 1. The Balaban J connectivity index is 1.85. The van der Waals surface area contributed by atoms with Crippen molar-refractivity contribution in [2.75, 3.05) is 13.2 Å². The third-order valence-corrected chi connectivity index (χ3v) is 5.06. The molecule has 1 unspecified atom stereocenters. The standard InChI is InChI=1S/C24H30N2O5/c1-16(26(19-9-10-19)23(29)31-24(2,3)4)18-13-17-7-5-6-8-20(17)21(14-18)30-12-11-25-22(28)15-27/h5-8,13-16,19H,9-12H2,1-4H3,(H,25,28). The molecule has 166 valence electrons. The Morgan fingerprint density at radius 2 is 1.94 bits per heavy atom. The van der Waals surface area contributed by atoms with Crippen molar-refractivity contribution in [3.05, 3.63) is 42.0 Å². The second-order valence-electron chi connectivity index (χ2n) is 8.79. The molecule has 1 fully saturated rings. The average molecular weight is 427 g/mol. The van der Waals surface area contributed by atoms with Gasteiger partial charge in [-0.05, 0) is 63.6 Å². The van der Waals surface area contributed by atoms with Crippen LogP contribution in [0.5, 0.6) is 5.75 Å². The largest absolute Gasteiger partial charge is 0.491 e. The van der Waals surface area contributed by atoms with E-state index in [1.807, 2.05) is 62.9 Å². The van der Waals surface area contributed by atoms with Gasteiger partial charge in [-0.3, -0.25) is 14.5 Å². The molecule has 0 heterocycles. The summed E-state index contributed by atoms with van der Waals surface area (Å²) < 4.78 is 11.6. The van der Waals surface area contributed by atoms with Gasteiger partial charge in [-0.15, -0.1) is 0 Å². The Kier molecular flexibility index (Phi) is 6.83. The molecule has 2 amide bonds. The molecule has 1 saturated carbocycles. The topological polar surface area (TPSA) is 84.9 Å². The normalized spacial score (nSPS) is 14.6. The molecule has 3 rings (SSSR count). The van der Waals surface area contributed by atoms with Crippen LogP contribution in [0, 0.1) is 0 Å². The quantitative estimate of drug-likeness (QED) is 0.392. The molecule has 0 bridgehead atoms. The van der Waals surface area contributed by atoms with Gasteiger partial charge in [0.15, 0.2) is 0 Å². The van der Waals surface area contributed by atoms with Gasteiger partial charge in [0.2, 0.25) is 6.29 Å². The predicted octanol–water partition coefficient (Wildman–Crippen LogP) is 3.99. The highest BCUT2D eigenvalue weighted by Gasteiger charge is 2.38. The maximum Gasteiger partial charge on any atom is 0.411 e. The number of benzene rings is 2. The van der Waals surface area contributed by atoms with Crippen LogP contribution in [0.4, 0.5) is 4.79 Å². The molecular weight excluding hydrogens is 396 g/mol. The molecular formula is C24H30N2O5. The van der Waals surface area contributed by atoms with E-state index in [0.717, 1.165) is 29.2 Å². The van der Waals surface area contributed by atoms with Gasteiger partial charge in [-0.25, -0.2) is 4.79 Å². The van der Waals surface area contributed by atoms with E-state index in [2.05, 4.69) is 11.4 Å². The lowest BCUT2D eigenvalue weighted by Crippen LogP contribution is -2.39. The molecule has 1 atom stereocenters. The number of rotatable bonds is 8. The van der Waals surface area contributed by atoms with Gasteiger partial charge in [-0.2, -0.15) is 0 Å². The first-order valence-electron chi connectivity index (χ1n) is 10.6. The highest BCUT2D eigenvalue weighted by atomic mass is 16.6. The molecule has 0 aliphatic heterocycles. The Hall–Kier alpha value is -3.09. The summed E-state index contributed by atoms with van der Waals surface area (Å²) in [5.41, 5.74) is 0.386. The van der Waals surface area contributed by atoms with E-state index in [0.29, 0.717) is 5.75 Å². The molecule has 7 heteroatoms. The number of nitrogens with zero attached hydrogens (tertiary/aromatic N) is 1. The van der Waals surface area contributed by atoms with Crippen LogP contribution in [-0.4, -0.2) is 48.0 Å². The van der Waals surface area contributed by atoms with E-state index in [4.69, 9.17) is 9.47 Å². The molecule has 0 radical (unpaired) electrons. The Bertz CT molecular complexity index is 962. The summed E-state index contributed by atoms with van der Waals surface area (Å²) in [5, 5.41) is 4.40. The molecule has 1 N–H and O–H groups in total. The number of ether oxygens (including phenoxy) is 2. The van der Waals surface area contributed by atoms with E-state index in [9.17, 15) is 14.4 Å². The fourth-order valence-electron chi connectivity index (χ4n) is 3.49. The van der Waals surface area contributed by atoms with Gasteiger partial charge in [0, 0.05) is 11.4 Å². The molecule has 0 aromatic heterocycles. The van der Waals surface area contributed by atoms with E-state index in [1.165, 1.54) is 0 Å². The van der Waals surface area contributed by atoms with Crippen molar-refractivity contribution in [2.24, 2.45) is 0 Å². The van der Waals surface area contributed by atoms with E-state index >= 15 is 0 Å². The van der Waals surface area contributed by atoms with Gasteiger partial charge < -0.3 is 14.8 Å². The third kappa shape index (κ3) is 5.96. The number of nitrogens with one attached hydrogen (secondary N) is 1. The summed E-state index contributed by atoms with van der Waals surface area (Å²) in [6, 6.07) is 11.9. The zero-order valence-electron chi connectivity index (χ0n) is 18.5. The number of fused-ring (bicyclic) bond motifs is 1. The van der Waals surface area contributed by atoms with Crippen LogP contribution in [0.3, 0.4) is 0 Å². The van der Waals surface area contributed by atoms with Gasteiger partial charge in [0.1, 0.15) is 18.0 Å². The highest BCUT2D eigenvalue weighted by molar-refractivity contribution is 6.23. The van der Waals surface area contributed by atoms with Crippen molar-refractivity contribution in [1.82, 2.24) is 10.2 Å². The summed E-state index contributed by atoms with van der Waals surface area (Å²) in [5.74, 6) is -0.00601. The van der Waals surface area contributed by atoms with Crippen molar-refractivity contribution in [1.29, 1.82) is 0 Å².